The van der Waals surface area contributed by atoms with E-state index in [1.54, 1.807) is 25.0 Å². The number of carbonyl (C=O) groups is 1. The highest BCUT2D eigenvalue weighted by molar-refractivity contribution is 6.30. The highest BCUT2D eigenvalue weighted by atomic mass is 35.5. The molecule has 2 rings (SSSR count). The van der Waals surface area contributed by atoms with Gasteiger partial charge in [0.2, 0.25) is 0 Å². The van der Waals surface area contributed by atoms with Crippen LogP contribution in [-0.4, -0.2) is 32.6 Å². The average Bonchev–Trinajstić information content (AvgIpc) is 2.83. The lowest BCUT2D eigenvalue weighted by Crippen LogP contribution is -2.28. The summed E-state index contributed by atoms with van der Waals surface area (Å²) in [7, 11) is 3.44. The number of amides is 1. The van der Waals surface area contributed by atoms with Crippen LogP contribution in [0.25, 0.3) is 0 Å². The normalized spacial score (nSPS) is 10.1. The number of hydrogen-bond acceptors (Lipinski definition) is 4. The van der Waals surface area contributed by atoms with Crippen molar-refractivity contribution in [3.8, 4) is 6.07 Å². The van der Waals surface area contributed by atoms with Gasteiger partial charge < -0.3 is 4.90 Å². The molecule has 0 aromatic carbocycles. The van der Waals surface area contributed by atoms with Gasteiger partial charge in [-0.05, 0) is 12.1 Å². The zero-order valence-corrected chi connectivity index (χ0v) is 11.8. The Balaban J connectivity index is 2.21. The summed E-state index contributed by atoms with van der Waals surface area (Å²) in [5, 5.41) is 13.6. The van der Waals surface area contributed by atoms with Gasteiger partial charge in [-0.3, -0.25) is 9.48 Å². The number of aryl methyl sites for hydroxylation is 1. The molecule has 0 aliphatic rings. The van der Waals surface area contributed by atoms with Crippen molar-refractivity contribution in [1.82, 2.24) is 19.7 Å². The first-order valence-corrected chi connectivity index (χ1v) is 6.18. The molecule has 1 amide bonds. The summed E-state index contributed by atoms with van der Waals surface area (Å²) in [5.41, 5.74) is 1.02. The summed E-state index contributed by atoms with van der Waals surface area (Å²) in [6, 6.07) is 5.18. The molecule has 0 saturated heterocycles. The van der Waals surface area contributed by atoms with Crippen LogP contribution in [0.3, 0.4) is 0 Å². The van der Waals surface area contributed by atoms with Crippen molar-refractivity contribution in [2.24, 2.45) is 7.05 Å². The molecule has 2 aromatic heterocycles. The van der Waals surface area contributed by atoms with Gasteiger partial charge in [-0.2, -0.15) is 10.4 Å². The van der Waals surface area contributed by atoms with Crippen molar-refractivity contribution in [3.63, 3.8) is 0 Å². The molecule has 0 N–H and O–H groups in total. The predicted octanol–water partition coefficient (Wildman–Crippen LogP) is 1.61. The molecular formula is C13H12ClN5O. The third-order valence-electron chi connectivity index (χ3n) is 2.69. The van der Waals surface area contributed by atoms with Crippen LogP contribution in [0.15, 0.2) is 24.5 Å². The number of nitrogens with zero attached hydrogens (tertiary/aromatic N) is 5. The standard InChI is InChI=1S/C13H12ClN5O/c1-18(8-11-3-4-19(2)17-11)13(20)12-9(6-15)5-10(14)7-16-12/h3-5,7H,8H2,1-2H3. The van der Waals surface area contributed by atoms with Gasteiger partial charge in [0.05, 0.1) is 22.8 Å². The molecular weight excluding hydrogens is 278 g/mol. The lowest BCUT2D eigenvalue weighted by atomic mass is 10.2. The highest BCUT2D eigenvalue weighted by Gasteiger charge is 2.18. The van der Waals surface area contributed by atoms with Crippen LogP contribution >= 0.6 is 11.6 Å². The lowest BCUT2D eigenvalue weighted by molar-refractivity contribution is 0.0777. The van der Waals surface area contributed by atoms with Gasteiger partial charge in [-0.15, -0.1) is 0 Å². The van der Waals surface area contributed by atoms with Crippen LogP contribution in [0.4, 0.5) is 0 Å². The minimum atomic E-state index is -0.344. The molecule has 6 nitrogen and oxygen atoms in total. The minimum absolute atomic E-state index is 0.0929. The molecule has 7 heteroatoms. The fourth-order valence-corrected chi connectivity index (χ4v) is 1.90. The summed E-state index contributed by atoms with van der Waals surface area (Å²) < 4.78 is 1.66. The first kappa shape index (κ1) is 14.0. The SMILES string of the molecule is CN(Cc1ccn(C)n1)C(=O)c1ncc(Cl)cc1C#N. The Morgan fingerprint density at radius 3 is 2.95 bits per heavy atom. The van der Waals surface area contributed by atoms with Crippen LogP contribution < -0.4 is 0 Å². The van der Waals surface area contributed by atoms with Gasteiger partial charge in [0, 0.05) is 26.5 Å². The Bertz CT molecular complexity index is 688. The molecule has 0 radical (unpaired) electrons. The summed E-state index contributed by atoms with van der Waals surface area (Å²) in [6.45, 7) is 0.342. The number of hydrogen-bond donors (Lipinski definition) is 0. The molecule has 0 bridgehead atoms. The van der Waals surface area contributed by atoms with Crippen LogP contribution in [0.1, 0.15) is 21.7 Å². The van der Waals surface area contributed by atoms with Gasteiger partial charge in [0.15, 0.2) is 0 Å². The van der Waals surface area contributed by atoms with Crippen molar-refractivity contribution < 1.29 is 4.79 Å². The largest absolute Gasteiger partial charge is 0.334 e. The Morgan fingerprint density at radius 1 is 1.60 bits per heavy atom. The fraction of sp³-hybridized carbons (Fsp3) is 0.231. The number of carbonyl (C=O) groups excluding carboxylic acids is 1. The van der Waals surface area contributed by atoms with Gasteiger partial charge in [0.1, 0.15) is 11.8 Å². The van der Waals surface area contributed by atoms with Crippen molar-refractivity contribution >= 4 is 17.5 Å². The number of rotatable bonds is 3. The van der Waals surface area contributed by atoms with E-state index in [-0.39, 0.29) is 17.2 Å². The van der Waals surface area contributed by atoms with E-state index in [1.165, 1.54) is 17.2 Å². The van der Waals surface area contributed by atoms with Gasteiger partial charge in [0.25, 0.3) is 5.91 Å². The number of nitriles is 1. The van der Waals surface area contributed by atoms with Gasteiger partial charge in [-0.25, -0.2) is 4.98 Å². The molecule has 0 unspecified atom stereocenters. The van der Waals surface area contributed by atoms with Crippen LogP contribution in [0, 0.1) is 11.3 Å². The summed E-state index contributed by atoms with van der Waals surface area (Å²) in [5.74, 6) is -0.344. The molecule has 0 fully saturated rings. The molecule has 0 spiro atoms. The zero-order chi connectivity index (χ0) is 14.7. The van der Waals surface area contributed by atoms with E-state index in [0.29, 0.717) is 11.6 Å². The van der Waals surface area contributed by atoms with E-state index >= 15 is 0 Å². The van der Waals surface area contributed by atoms with E-state index in [0.717, 1.165) is 5.69 Å². The predicted molar refractivity (Wildman–Crippen MR) is 73.0 cm³/mol. The molecule has 102 valence electrons. The zero-order valence-electron chi connectivity index (χ0n) is 11.0. The van der Waals surface area contributed by atoms with Gasteiger partial charge >= 0.3 is 0 Å². The second kappa shape index (κ2) is 5.72. The van der Waals surface area contributed by atoms with E-state index in [2.05, 4.69) is 10.1 Å². The summed E-state index contributed by atoms with van der Waals surface area (Å²) in [4.78, 5) is 17.7. The third-order valence-corrected chi connectivity index (χ3v) is 2.90. The average molecular weight is 290 g/mol. The second-order valence-electron chi connectivity index (χ2n) is 4.30. The van der Waals surface area contributed by atoms with E-state index in [4.69, 9.17) is 16.9 Å². The van der Waals surface area contributed by atoms with Crippen LogP contribution in [0.2, 0.25) is 5.02 Å². The highest BCUT2D eigenvalue weighted by Crippen LogP contribution is 2.14. The smallest absolute Gasteiger partial charge is 0.273 e. The Labute approximate surface area is 121 Å². The molecule has 0 atom stereocenters. The lowest BCUT2D eigenvalue weighted by Gasteiger charge is -2.15. The minimum Gasteiger partial charge on any atom is -0.334 e. The van der Waals surface area contributed by atoms with Crippen LogP contribution in [0.5, 0.6) is 0 Å². The third kappa shape index (κ3) is 2.95. The Morgan fingerprint density at radius 2 is 2.35 bits per heavy atom. The van der Waals surface area contributed by atoms with Gasteiger partial charge in [-0.1, -0.05) is 11.6 Å². The van der Waals surface area contributed by atoms with E-state index in [9.17, 15) is 4.79 Å². The maximum Gasteiger partial charge on any atom is 0.273 e. The molecule has 0 saturated carbocycles. The number of aromatic nitrogens is 3. The summed E-state index contributed by atoms with van der Waals surface area (Å²) in [6.07, 6.45) is 3.15. The maximum atomic E-state index is 12.3. The molecule has 0 aliphatic carbocycles. The quantitative estimate of drug-likeness (QED) is 0.860. The Kier molecular flexibility index (Phi) is 4.01. The number of halogens is 1. The summed E-state index contributed by atoms with van der Waals surface area (Å²) >= 11 is 5.76. The molecule has 2 aromatic rings. The van der Waals surface area contributed by atoms with Crippen molar-refractivity contribution in [3.05, 3.63) is 46.5 Å². The van der Waals surface area contributed by atoms with E-state index < -0.39 is 0 Å². The van der Waals surface area contributed by atoms with Crippen LogP contribution in [-0.2, 0) is 13.6 Å². The topological polar surface area (TPSA) is 74.8 Å². The number of pyridine rings is 1. The molecule has 2 heterocycles. The second-order valence-corrected chi connectivity index (χ2v) is 4.74. The molecule has 0 aliphatic heterocycles. The van der Waals surface area contributed by atoms with E-state index in [1.807, 2.05) is 12.1 Å². The first-order chi connectivity index (χ1) is 9.51. The van der Waals surface area contributed by atoms with Crippen molar-refractivity contribution in [1.29, 1.82) is 5.26 Å². The van der Waals surface area contributed by atoms with Crippen molar-refractivity contribution in [2.75, 3.05) is 7.05 Å². The molecule has 20 heavy (non-hydrogen) atoms. The monoisotopic (exact) mass is 289 g/mol. The van der Waals surface area contributed by atoms with Crippen molar-refractivity contribution in [2.45, 2.75) is 6.54 Å². The Hall–Kier alpha value is -2.39. The maximum absolute atomic E-state index is 12.3. The first-order valence-electron chi connectivity index (χ1n) is 5.81. The fourth-order valence-electron chi connectivity index (χ4n) is 1.74.